The maximum absolute atomic E-state index is 11.2. The largest absolute Gasteiger partial charge is 0.478 e. The Morgan fingerprint density at radius 1 is 1.30 bits per heavy atom. The molecule has 4 heteroatoms. The maximum atomic E-state index is 11.2. The second kappa shape index (κ2) is 5.49. The molecule has 0 radical (unpaired) electrons. The summed E-state index contributed by atoms with van der Waals surface area (Å²) in [4.78, 5) is 15.5. The minimum atomic E-state index is -0.935. The van der Waals surface area contributed by atoms with E-state index < -0.39 is 5.97 Å². The first-order chi connectivity index (χ1) is 9.75. The molecule has 0 unspecified atom stereocenters. The van der Waals surface area contributed by atoms with Gasteiger partial charge < -0.3 is 10.4 Å². The molecule has 1 heterocycles. The van der Waals surface area contributed by atoms with Crippen LogP contribution in [-0.2, 0) is 0 Å². The Morgan fingerprint density at radius 2 is 2.05 bits per heavy atom. The van der Waals surface area contributed by atoms with Crippen LogP contribution in [0.2, 0.25) is 0 Å². The molecular formula is C16H18N2O2. The summed E-state index contributed by atoms with van der Waals surface area (Å²) in [5.74, 6) is 0.701. The van der Waals surface area contributed by atoms with Crippen LogP contribution >= 0.6 is 0 Å². The third kappa shape index (κ3) is 2.46. The predicted molar refractivity (Wildman–Crippen MR) is 79.2 cm³/mol. The first kappa shape index (κ1) is 12.9. The molecule has 4 nitrogen and oxygen atoms in total. The highest BCUT2D eigenvalue weighted by molar-refractivity contribution is 6.06. The molecule has 0 saturated heterocycles. The maximum Gasteiger partial charge on any atom is 0.337 e. The van der Waals surface area contributed by atoms with E-state index in [1.54, 1.807) is 0 Å². The number of carboxylic acids is 1. The van der Waals surface area contributed by atoms with Gasteiger partial charge in [-0.3, -0.25) is 0 Å². The van der Waals surface area contributed by atoms with Crippen molar-refractivity contribution in [2.45, 2.75) is 25.7 Å². The minimum Gasteiger partial charge on any atom is -0.478 e. The van der Waals surface area contributed by atoms with E-state index in [0.717, 1.165) is 35.5 Å². The summed E-state index contributed by atoms with van der Waals surface area (Å²) >= 11 is 0. The standard InChI is InChI=1S/C16H18N2O2/c19-16(20)14-10-18-15(13-7-2-1-6-12(13)14)17-9-8-11-4-3-5-11/h1-2,6-7,10-11H,3-5,8-9H2,(H,17,18)(H,19,20). The van der Waals surface area contributed by atoms with Gasteiger partial charge in [0, 0.05) is 23.5 Å². The quantitative estimate of drug-likeness (QED) is 0.872. The minimum absolute atomic E-state index is 0.255. The Hall–Kier alpha value is -2.10. The lowest BCUT2D eigenvalue weighted by Gasteiger charge is -2.25. The molecule has 1 fully saturated rings. The number of nitrogens with one attached hydrogen (secondary N) is 1. The molecule has 2 N–H and O–H groups in total. The lowest BCUT2D eigenvalue weighted by atomic mass is 9.83. The molecule has 3 rings (SSSR count). The SMILES string of the molecule is O=C(O)c1cnc(NCCC2CCC2)c2ccccc12. The van der Waals surface area contributed by atoms with Gasteiger partial charge in [0.2, 0.25) is 0 Å². The van der Waals surface area contributed by atoms with Crippen molar-refractivity contribution >= 4 is 22.6 Å². The summed E-state index contributed by atoms with van der Waals surface area (Å²) in [7, 11) is 0. The molecular weight excluding hydrogens is 252 g/mol. The van der Waals surface area contributed by atoms with Crippen molar-refractivity contribution in [3.05, 3.63) is 36.0 Å². The van der Waals surface area contributed by atoms with E-state index in [1.165, 1.54) is 25.5 Å². The second-order valence-electron chi connectivity index (χ2n) is 5.38. The van der Waals surface area contributed by atoms with Crippen molar-refractivity contribution in [1.82, 2.24) is 4.98 Å². The summed E-state index contributed by atoms with van der Waals surface area (Å²) in [6, 6.07) is 7.51. The van der Waals surface area contributed by atoms with Crippen molar-refractivity contribution < 1.29 is 9.90 Å². The first-order valence-corrected chi connectivity index (χ1v) is 7.10. The zero-order valence-corrected chi connectivity index (χ0v) is 11.3. The zero-order chi connectivity index (χ0) is 13.9. The number of benzene rings is 1. The molecule has 0 amide bonds. The number of nitrogens with zero attached hydrogens (tertiary/aromatic N) is 1. The summed E-state index contributed by atoms with van der Waals surface area (Å²) in [6.07, 6.45) is 6.65. The number of pyridine rings is 1. The molecule has 20 heavy (non-hydrogen) atoms. The highest BCUT2D eigenvalue weighted by Crippen LogP contribution is 2.30. The van der Waals surface area contributed by atoms with Crippen LogP contribution < -0.4 is 5.32 Å². The van der Waals surface area contributed by atoms with E-state index in [-0.39, 0.29) is 5.56 Å². The van der Waals surface area contributed by atoms with Gasteiger partial charge in [-0.25, -0.2) is 9.78 Å². The molecule has 0 spiro atoms. The van der Waals surface area contributed by atoms with Crippen molar-refractivity contribution in [3.63, 3.8) is 0 Å². The number of carbonyl (C=O) groups is 1. The normalized spacial score (nSPS) is 15.0. The van der Waals surface area contributed by atoms with Crippen LogP contribution in [0.25, 0.3) is 10.8 Å². The number of fused-ring (bicyclic) bond motifs is 1. The average molecular weight is 270 g/mol. The van der Waals surface area contributed by atoms with E-state index in [0.29, 0.717) is 0 Å². The fourth-order valence-corrected chi connectivity index (χ4v) is 2.68. The molecule has 1 saturated carbocycles. The second-order valence-corrected chi connectivity index (χ2v) is 5.38. The summed E-state index contributed by atoms with van der Waals surface area (Å²) in [5, 5.41) is 14.2. The van der Waals surface area contributed by atoms with E-state index in [4.69, 9.17) is 0 Å². The zero-order valence-electron chi connectivity index (χ0n) is 11.3. The Kier molecular flexibility index (Phi) is 3.54. The first-order valence-electron chi connectivity index (χ1n) is 7.10. The van der Waals surface area contributed by atoms with E-state index in [1.807, 2.05) is 24.3 Å². The van der Waals surface area contributed by atoms with E-state index in [9.17, 15) is 9.90 Å². The van der Waals surface area contributed by atoms with E-state index in [2.05, 4.69) is 10.3 Å². The molecule has 0 aliphatic heterocycles. The number of aromatic nitrogens is 1. The fraction of sp³-hybridized carbons (Fsp3) is 0.375. The van der Waals surface area contributed by atoms with Crippen molar-refractivity contribution in [2.24, 2.45) is 5.92 Å². The summed E-state index contributed by atoms with van der Waals surface area (Å²) in [5.41, 5.74) is 0.255. The molecule has 1 aliphatic rings. The molecule has 1 aromatic carbocycles. The monoisotopic (exact) mass is 270 g/mol. The molecule has 0 atom stereocenters. The fourth-order valence-electron chi connectivity index (χ4n) is 2.68. The highest BCUT2D eigenvalue weighted by Gasteiger charge is 2.17. The Morgan fingerprint density at radius 3 is 2.70 bits per heavy atom. The summed E-state index contributed by atoms with van der Waals surface area (Å²) < 4.78 is 0. The molecule has 1 aliphatic carbocycles. The van der Waals surface area contributed by atoms with Crippen LogP contribution in [0.15, 0.2) is 30.5 Å². The lowest BCUT2D eigenvalue weighted by molar-refractivity contribution is 0.0698. The Labute approximate surface area is 117 Å². The number of hydrogen-bond donors (Lipinski definition) is 2. The van der Waals surface area contributed by atoms with Gasteiger partial charge in [0.15, 0.2) is 0 Å². The number of aromatic carboxylic acids is 1. The number of carboxylic acid groups (broad SMARTS) is 1. The molecule has 2 aromatic rings. The smallest absolute Gasteiger partial charge is 0.337 e. The van der Waals surface area contributed by atoms with Crippen LogP contribution in [0.1, 0.15) is 36.0 Å². The van der Waals surface area contributed by atoms with Gasteiger partial charge in [0.05, 0.1) is 5.56 Å². The van der Waals surface area contributed by atoms with Gasteiger partial charge in [-0.05, 0) is 12.3 Å². The molecule has 104 valence electrons. The number of hydrogen-bond acceptors (Lipinski definition) is 3. The van der Waals surface area contributed by atoms with Crippen molar-refractivity contribution in [2.75, 3.05) is 11.9 Å². The van der Waals surface area contributed by atoms with Gasteiger partial charge >= 0.3 is 5.97 Å². The predicted octanol–water partition coefficient (Wildman–Crippen LogP) is 3.54. The molecule has 1 aromatic heterocycles. The lowest BCUT2D eigenvalue weighted by Crippen LogP contribution is -2.16. The third-order valence-electron chi connectivity index (χ3n) is 4.10. The topological polar surface area (TPSA) is 62.2 Å². The van der Waals surface area contributed by atoms with Crippen LogP contribution in [0.3, 0.4) is 0 Å². The van der Waals surface area contributed by atoms with Gasteiger partial charge in [0.25, 0.3) is 0 Å². The van der Waals surface area contributed by atoms with E-state index >= 15 is 0 Å². The van der Waals surface area contributed by atoms with Gasteiger partial charge in [0.1, 0.15) is 5.82 Å². The van der Waals surface area contributed by atoms with Crippen molar-refractivity contribution in [3.8, 4) is 0 Å². The number of anilines is 1. The van der Waals surface area contributed by atoms with Crippen LogP contribution in [0, 0.1) is 5.92 Å². The number of rotatable bonds is 5. The van der Waals surface area contributed by atoms with Gasteiger partial charge in [-0.1, -0.05) is 43.5 Å². The van der Waals surface area contributed by atoms with Gasteiger partial charge in [-0.15, -0.1) is 0 Å². The average Bonchev–Trinajstić information content (AvgIpc) is 2.41. The van der Waals surface area contributed by atoms with Crippen LogP contribution in [0.4, 0.5) is 5.82 Å². The van der Waals surface area contributed by atoms with Crippen LogP contribution in [0.5, 0.6) is 0 Å². The summed E-state index contributed by atoms with van der Waals surface area (Å²) in [6.45, 7) is 0.897. The Balaban J connectivity index is 1.83. The highest BCUT2D eigenvalue weighted by atomic mass is 16.4. The Bertz CT molecular complexity index is 635. The van der Waals surface area contributed by atoms with Gasteiger partial charge in [-0.2, -0.15) is 0 Å². The molecule has 0 bridgehead atoms. The third-order valence-corrected chi connectivity index (χ3v) is 4.10. The van der Waals surface area contributed by atoms with Crippen LogP contribution in [-0.4, -0.2) is 22.6 Å². The van der Waals surface area contributed by atoms with Crippen molar-refractivity contribution in [1.29, 1.82) is 0 Å².